The molecule has 0 aromatic carbocycles. The molecule has 0 saturated heterocycles. The van der Waals surface area contributed by atoms with E-state index in [4.69, 9.17) is 11.5 Å². The molecule has 18 heavy (non-hydrogen) atoms. The number of carbonyl (C=O) groups is 3. The van der Waals surface area contributed by atoms with Crippen LogP contribution in [0.1, 0.15) is 33.6 Å². The molecule has 0 aliphatic rings. The molecule has 0 bridgehead atoms. The molecule has 0 fully saturated rings. The van der Waals surface area contributed by atoms with Crippen molar-refractivity contribution in [2.75, 3.05) is 0 Å². The van der Waals surface area contributed by atoms with E-state index in [2.05, 4.69) is 16.6 Å². The summed E-state index contributed by atoms with van der Waals surface area (Å²) in [5.41, 5.74) is -0.850. The molecule has 0 radical (unpaired) electrons. The van der Waals surface area contributed by atoms with Gasteiger partial charge in [-0.1, -0.05) is 12.8 Å². The summed E-state index contributed by atoms with van der Waals surface area (Å²) < 4.78 is 0. The Morgan fingerprint density at radius 3 is 2.33 bits per heavy atom. The van der Waals surface area contributed by atoms with Crippen molar-refractivity contribution in [1.82, 2.24) is 10.6 Å². The number of imide groups is 1. The molecule has 6 nitrogen and oxygen atoms in total. The van der Waals surface area contributed by atoms with E-state index in [0.29, 0.717) is 0 Å². The molecule has 100 valence electrons. The van der Waals surface area contributed by atoms with E-state index in [1.54, 1.807) is 20.8 Å². The smallest absolute Gasteiger partial charge is 0.322 e. The molecule has 3 N–H and O–H groups in total. The summed E-state index contributed by atoms with van der Waals surface area (Å²) in [5.74, 6) is 0.503. The normalized spacial score (nSPS) is 12.1. The number of carboxylic acid groups (broad SMARTS) is 1. The molecule has 1 unspecified atom stereocenters. The monoisotopic (exact) mass is 254 g/mol. The number of carbonyl (C=O) groups excluding carboxylic acids is 2. The first-order valence-electron chi connectivity index (χ1n) is 5.48. The fourth-order valence-electron chi connectivity index (χ4n) is 1.22. The van der Waals surface area contributed by atoms with E-state index in [1.807, 2.05) is 0 Å². The highest BCUT2D eigenvalue weighted by atomic mass is 16.4. The van der Waals surface area contributed by atoms with Gasteiger partial charge >= 0.3 is 12.0 Å². The molecular formula is C12H18N2O4. The first-order chi connectivity index (χ1) is 8.16. The van der Waals surface area contributed by atoms with E-state index in [9.17, 15) is 14.4 Å². The van der Waals surface area contributed by atoms with Crippen LogP contribution in [0.25, 0.3) is 0 Å². The van der Waals surface area contributed by atoms with Crippen molar-refractivity contribution >= 4 is 17.9 Å². The van der Waals surface area contributed by atoms with Crippen molar-refractivity contribution in [3.8, 4) is 12.3 Å². The quantitative estimate of drug-likeness (QED) is 0.630. The molecule has 0 spiro atoms. The summed E-state index contributed by atoms with van der Waals surface area (Å²) in [7, 11) is 0. The summed E-state index contributed by atoms with van der Waals surface area (Å²) in [6, 6.07) is -0.689. The van der Waals surface area contributed by atoms with Gasteiger partial charge in [0.15, 0.2) is 0 Å². The zero-order chi connectivity index (χ0) is 14.3. The zero-order valence-electron chi connectivity index (χ0n) is 10.7. The summed E-state index contributed by atoms with van der Waals surface area (Å²) in [6.07, 6.45) is 5.03. The fourth-order valence-corrected chi connectivity index (χ4v) is 1.22. The van der Waals surface area contributed by atoms with Crippen LogP contribution >= 0.6 is 0 Å². The van der Waals surface area contributed by atoms with Gasteiger partial charge in [-0.25, -0.2) is 4.79 Å². The Balaban J connectivity index is 4.14. The van der Waals surface area contributed by atoms with Crippen molar-refractivity contribution in [2.45, 2.75) is 39.2 Å². The standard InChI is InChI=1S/C12H18N2O4/c1-5-12(3,4)14-11(18)13-9(15)6-8(2)7-10(16)17/h1,8H,6-7H2,2-4H3,(H,16,17)(H2,13,14,15,18). The molecule has 0 aromatic rings. The third-order valence-corrected chi connectivity index (χ3v) is 2.10. The SMILES string of the molecule is C#CC(C)(C)NC(=O)NC(=O)CC(C)CC(=O)O. The third-order valence-electron chi connectivity index (χ3n) is 2.10. The van der Waals surface area contributed by atoms with Gasteiger partial charge in [0.2, 0.25) is 5.91 Å². The van der Waals surface area contributed by atoms with Crippen molar-refractivity contribution in [2.24, 2.45) is 5.92 Å². The van der Waals surface area contributed by atoms with Crippen LogP contribution in [0.2, 0.25) is 0 Å². The second-order valence-electron chi connectivity index (χ2n) is 4.68. The van der Waals surface area contributed by atoms with Crippen molar-refractivity contribution < 1.29 is 19.5 Å². The maximum absolute atomic E-state index is 11.4. The van der Waals surface area contributed by atoms with Crippen LogP contribution in [-0.2, 0) is 9.59 Å². The Bertz CT molecular complexity index is 382. The lowest BCUT2D eigenvalue weighted by atomic mass is 10.0. The maximum Gasteiger partial charge on any atom is 0.322 e. The van der Waals surface area contributed by atoms with E-state index in [1.165, 1.54) is 0 Å². The Morgan fingerprint density at radius 2 is 1.89 bits per heavy atom. The number of rotatable bonds is 5. The lowest BCUT2D eigenvalue weighted by molar-refractivity contribution is -0.138. The first-order valence-corrected chi connectivity index (χ1v) is 5.48. The van der Waals surface area contributed by atoms with Crippen LogP contribution in [0.3, 0.4) is 0 Å². The lowest BCUT2D eigenvalue weighted by Gasteiger charge is -2.19. The van der Waals surface area contributed by atoms with E-state index < -0.39 is 23.4 Å². The minimum absolute atomic E-state index is 0.0315. The van der Waals surface area contributed by atoms with Gasteiger partial charge in [0.05, 0.1) is 5.54 Å². The molecule has 1 atom stereocenters. The average molecular weight is 254 g/mol. The second kappa shape index (κ2) is 6.64. The minimum Gasteiger partial charge on any atom is -0.481 e. The van der Waals surface area contributed by atoms with Crippen LogP contribution in [-0.4, -0.2) is 28.6 Å². The topological polar surface area (TPSA) is 95.5 Å². The fraction of sp³-hybridized carbons (Fsp3) is 0.583. The number of amides is 3. The van der Waals surface area contributed by atoms with E-state index >= 15 is 0 Å². The van der Waals surface area contributed by atoms with Gasteiger partial charge in [0, 0.05) is 12.8 Å². The number of hydrogen-bond donors (Lipinski definition) is 3. The number of nitrogens with one attached hydrogen (secondary N) is 2. The van der Waals surface area contributed by atoms with Gasteiger partial charge in [0.1, 0.15) is 0 Å². The van der Waals surface area contributed by atoms with Crippen molar-refractivity contribution in [3.63, 3.8) is 0 Å². The summed E-state index contributed by atoms with van der Waals surface area (Å²) >= 11 is 0. The maximum atomic E-state index is 11.4. The summed E-state index contributed by atoms with van der Waals surface area (Å²) in [4.78, 5) is 33.2. The largest absolute Gasteiger partial charge is 0.481 e. The number of carboxylic acids is 1. The molecule has 0 aromatic heterocycles. The highest BCUT2D eigenvalue weighted by Crippen LogP contribution is 2.06. The van der Waals surface area contributed by atoms with Gasteiger partial charge in [-0.3, -0.25) is 14.9 Å². The van der Waals surface area contributed by atoms with Crippen LogP contribution in [0.4, 0.5) is 4.79 Å². The molecule has 0 rings (SSSR count). The van der Waals surface area contributed by atoms with Crippen LogP contribution in [0.15, 0.2) is 0 Å². The zero-order valence-corrected chi connectivity index (χ0v) is 10.7. The van der Waals surface area contributed by atoms with E-state index in [-0.39, 0.29) is 18.8 Å². The van der Waals surface area contributed by atoms with Gasteiger partial charge < -0.3 is 10.4 Å². The molecule has 3 amide bonds. The summed E-state index contributed by atoms with van der Waals surface area (Å²) in [6.45, 7) is 4.85. The van der Waals surface area contributed by atoms with Gasteiger partial charge in [-0.05, 0) is 19.8 Å². The van der Waals surface area contributed by atoms with Gasteiger partial charge in [-0.2, -0.15) is 0 Å². The number of aliphatic carboxylic acids is 1. The highest BCUT2D eigenvalue weighted by Gasteiger charge is 2.19. The second-order valence-corrected chi connectivity index (χ2v) is 4.68. The van der Waals surface area contributed by atoms with Gasteiger partial charge in [0.25, 0.3) is 0 Å². The first kappa shape index (κ1) is 16.0. The summed E-state index contributed by atoms with van der Waals surface area (Å²) in [5, 5.41) is 13.1. The van der Waals surface area contributed by atoms with Crippen LogP contribution < -0.4 is 10.6 Å². The Morgan fingerprint density at radius 1 is 1.33 bits per heavy atom. The molecule has 0 saturated carbocycles. The lowest BCUT2D eigenvalue weighted by Crippen LogP contribution is -2.49. The molecule has 0 heterocycles. The Labute approximate surface area is 106 Å². The van der Waals surface area contributed by atoms with Gasteiger partial charge in [-0.15, -0.1) is 6.42 Å². The predicted octanol–water partition coefficient (Wildman–Crippen LogP) is 0.725. The number of urea groups is 1. The third kappa shape index (κ3) is 7.28. The minimum atomic E-state index is -0.979. The van der Waals surface area contributed by atoms with Crippen molar-refractivity contribution in [1.29, 1.82) is 0 Å². The molecule has 0 aliphatic heterocycles. The molecule has 0 aliphatic carbocycles. The highest BCUT2D eigenvalue weighted by molar-refractivity contribution is 5.94. The molecular weight excluding hydrogens is 236 g/mol. The molecule has 6 heteroatoms. The van der Waals surface area contributed by atoms with Crippen molar-refractivity contribution in [3.05, 3.63) is 0 Å². The predicted molar refractivity (Wildman–Crippen MR) is 65.6 cm³/mol. The average Bonchev–Trinajstić information content (AvgIpc) is 2.14. The number of terminal acetylenes is 1. The number of hydrogen-bond acceptors (Lipinski definition) is 3. The van der Waals surface area contributed by atoms with Crippen LogP contribution in [0, 0.1) is 18.3 Å². The Hall–Kier alpha value is -2.03. The van der Waals surface area contributed by atoms with Crippen LogP contribution in [0.5, 0.6) is 0 Å². The Kier molecular flexibility index (Phi) is 5.89. The van der Waals surface area contributed by atoms with E-state index in [0.717, 1.165) is 0 Å².